The van der Waals surface area contributed by atoms with Crippen LogP contribution in [0.3, 0.4) is 0 Å². The summed E-state index contributed by atoms with van der Waals surface area (Å²) in [7, 11) is 0. The van der Waals surface area contributed by atoms with Crippen molar-refractivity contribution in [3.63, 3.8) is 0 Å². The summed E-state index contributed by atoms with van der Waals surface area (Å²) >= 11 is 3.72. The van der Waals surface area contributed by atoms with E-state index in [4.69, 9.17) is 0 Å². The van der Waals surface area contributed by atoms with E-state index in [0.717, 1.165) is 18.9 Å². The van der Waals surface area contributed by atoms with Crippen molar-refractivity contribution in [1.29, 1.82) is 0 Å². The third-order valence-corrected chi connectivity index (χ3v) is 5.56. The van der Waals surface area contributed by atoms with Crippen LogP contribution < -0.4 is 5.32 Å². The minimum absolute atomic E-state index is 0.472. The SMILES string of the molecule is CCC(CC)CNC(Cc1cccs1)c1cccs1. The number of rotatable bonds is 8. The molecule has 2 aromatic heterocycles. The number of thiophene rings is 2. The predicted molar refractivity (Wildman–Crippen MR) is 87.2 cm³/mol. The quantitative estimate of drug-likeness (QED) is 0.712. The van der Waals surface area contributed by atoms with Crippen molar-refractivity contribution in [1.82, 2.24) is 5.32 Å². The zero-order valence-corrected chi connectivity index (χ0v) is 13.4. The molecule has 0 radical (unpaired) electrons. The lowest BCUT2D eigenvalue weighted by atomic mass is 10.0. The van der Waals surface area contributed by atoms with E-state index in [1.165, 1.54) is 22.6 Å². The minimum atomic E-state index is 0.472. The van der Waals surface area contributed by atoms with Crippen LogP contribution in [0.2, 0.25) is 0 Å². The highest BCUT2D eigenvalue weighted by Crippen LogP contribution is 2.25. The summed E-state index contributed by atoms with van der Waals surface area (Å²) in [4.78, 5) is 2.93. The van der Waals surface area contributed by atoms with Crippen molar-refractivity contribution in [3.05, 3.63) is 44.8 Å². The van der Waals surface area contributed by atoms with Gasteiger partial charge in [-0.2, -0.15) is 0 Å². The third kappa shape index (κ3) is 4.44. The highest BCUT2D eigenvalue weighted by atomic mass is 32.1. The average molecular weight is 294 g/mol. The van der Waals surface area contributed by atoms with Gasteiger partial charge < -0.3 is 5.32 Å². The normalized spacial score (nSPS) is 13.0. The molecule has 0 aliphatic carbocycles. The van der Waals surface area contributed by atoms with Crippen LogP contribution in [0.1, 0.15) is 42.5 Å². The van der Waals surface area contributed by atoms with Crippen molar-refractivity contribution in [2.45, 2.75) is 39.2 Å². The molecule has 2 heterocycles. The molecule has 0 aliphatic heterocycles. The van der Waals surface area contributed by atoms with E-state index in [0.29, 0.717) is 6.04 Å². The van der Waals surface area contributed by atoms with E-state index in [9.17, 15) is 0 Å². The fraction of sp³-hybridized carbons (Fsp3) is 0.500. The van der Waals surface area contributed by atoms with Crippen molar-refractivity contribution in [3.8, 4) is 0 Å². The summed E-state index contributed by atoms with van der Waals surface area (Å²) in [6.07, 6.45) is 3.64. The van der Waals surface area contributed by atoms with Gasteiger partial charge in [-0.25, -0.2) is 0 Å². The lowest BCUT2D eigenvalue weighted by Crippen LogP contribution is -2.27. The molecular weight excluding hydrogens is 270 g/mol. The Bertz CT molecular complexity index is 429. The molecule has 1 N–H and O–H groups in total. The van der Waals surface area contributed by atoms with Crippen LogP contribution in [-0.4, -0.2) is 6.54 Å². The topological polar surface area (TPSA) is 12.0 Å². The van der Waals surface area contributed by atoms with Crippen molar-refractivity contribution in [2.75, 3.05) is 6.54 Å². The van der Waals surface area contributed by atoms with Crippen molar-refractivity contribution < 1.29 is 0 Å². The monoisotopic (exact) mass is 293 g/mol. The van der Waals surface area contributed by atoms with Gasteiger partial charge in [-0.1, -0.05) is 38.8 Å². The molecule has 0 aliphatic rings. The molecule has 0 fully saturated rings. The maximum Gasteiger partial charge on any atom is 0.0463 e. The van der Waals surface area contributed by atoms with Crippen LogP contribution in [0.5, 0.6) is 0 Å². The van der Waals surface area contributed by atoms with Crippen LogP contribution in [0.4, 0.5) is 0 Å². The second kappa shape index (κ2) is 7.83. The molecule has 104 valence electrons. The first-order valence-electron chi connectivity index (χ1n) is 7.12. The zero-order valence-electron chi connectivity index (χ0n) is 11.8. The van der Waals surface area contributed by atoms with Gasteiger partial charge in [0.25, 0.3) is 0 Å². The molecule has 1 nitrogen and oxygen atoms in total. The van der Waals surface area contributed by atoms with Crippen LogP contribution >= 0.6 is 22.7 Å². The van der Waals surface area contributed by atoms with Gasteiger partial charge >= 0.3 is 0 Å². The maximum atomic E-state index is 3.78. The van der Waals surface area contributed by atoms with Gasteiger partial charge in [-0.3, -0.25) is 0 Å². The summed E-state index contributed by atoms with van der Waals surface area (Å²) in [5.74, 6) is 0.797. The van der Waals surface area contributed by atoms with Crippen LogP contribution in [0.15, 0.2) is 35.0 Å². The van der Waals surface area contributed by atoms with E-state index in [2.05, 4.69) is 54.2 Å². The molecule has 19 heavy (non-hydrogen) atoms. The van der Waals surface area contributed by atoms with Gasteiger partial charge in [0.1, 0.15) is 0 Å². The summed E-state index contributed by atoms with van der Waals surface area (Å²) in [5.41, 5.74) is 0. The molecule has 2 aromatic rings. The van der Waals surface area contributed by atoms with Gasteiger partial charge in [-0.05, 0) is 35.4 Å². The predicted octanol–water partition coefficient (Wildman–Crippen LogP) is 5.12. The standard InChI is InChI=1S/C16H23NS2/c1-3-13(4-2)12-17-15(16-8-6-10-19-16)11-14-7-5-9-18-14/h5-10,13,15,17H,3-4,11-12H2,1-2H3. The van der Waals surface area contributed by atoms with Gasteiger partial charge in [0, 0.05) is 22.2 Å². The molecule has 1 atom stereocenters. The summed E-state index contributed by atoms with van der Waals surface area (Å²) in [6.45, 7) is 5.70. The number of hydrogen-bond acceptors (Lipinski definition) is 3. The highest BCUT2D eigenvalue weighted by molar-refractivity contribution is 7.10. The molecule has 2 rings (SSSR count). The largest absolute Gasteiger partial charge is 0.309 e. The van der Waals surface area contributed by atoms with E-state index in [1.54, 1.807) is 0 Å². The van der Waals surface area contributed by atoms with Gasteiger partial charge in [-0.15, -0.1) is 22.7 Å². The molecule has 0 saturated carbocycles. The Morgan fingerprint density at radius 1 is 1.05 bits per heavy atom. The summed E-state index contributed by atoms with van der Waals surface area (Å²) in [5, 5.41) is 8.12. The van der Waals surface area contributed by atoms with Crippen LogP contribution in [0.25, 0.3) is 0 Å². The van der Waals surface area contributed by atoms with E-state index in [-0.39, 0.29) is 0 Å². The van der Waals surface area contributed by atoms with Crippen LogP contribution in [0, 0.1) is 5.92 Å². The smallest absolute Gasteiger partial charge is 0.0463 e. The van der Waals surface area contributed by atoms with Gasteiger partial charge in [0.2, 0.25) is 0 Å². The van der Waals surface area contributed by atoms with Crippen LogP contribution in [-0.2, 0) is 6.42 Å². The van der Waals surface area contributed by atoms with Gasteiger partial charge in [0.15, 0.2) is 0 Å². The molecule has 0 bridgehead atoms. The zero-order chi connectivity index (χ0) is 13.5. The molecule has 1 unspecified atom stereocenters. The van der Waals surface area contributed by atoms with Crippen molar-refractivity contribution >= 4 is 22.7 Å². The molecule has 0 saturated heterocycles. The first kappa shape index (κ1) is 14.8. The Hall–Kier alpha value is -0.640. The van der Waals surface area contributed by atoms with E-state index >= 15 is 0 Å². The second-order valence-electron chi connectivity index (χ2n) is 4.94. The lowest BCUT2D eigenvalue weighted by molar-refractivity contribution is 0.413. The summed E-state index contributed by atoms with van der Waals surface area (Å²) < 4.78 is 0. The van der Waals surface area contributed by atoms with E-state index < -0.39 is 0 Å². The molecule has 0 amide bonds. The fourth-order valence-corrected chi connectivity index (χ4v) is 3.83. The highest BCUT2D eigenvalue weighted by Gasteiger charge is 2.15. The second-order valence-corrected chi connectivity index (χ2v) is 6.95. The molecule has 3 heteroatoms. The minimum Gasteiger partial charge on any atom is -0.309 e. The Balaban J connectivity index is 1.98. The average Bonchev–Trinajstić information content (AvgIpc) is 3.11. The Morgan fingerprint density at radius 3 is 2.37 bits per heavy atom. The summed E-state index contributed by atoms with van der Waals surface area (Å²) in [6, 6.07) is 9.26. The molecular formula is C16H23NS2. The first-order chi connectivity index (χ1) is 9.33. The first-order valence-corrected chi connectivity index (χ1v) is 8.88. The Morgan fingerprint density at radius 2 is 1.79 bits per heavy atom. The van der Waals surface area contributed by atoms with Crippen molar-refractivity contribution in [2.24, 2.45) is 5.92 Å². The third-order valence-electron chi connectivity index (χ3n) is 3.68. The molecule has 0 aromatic carbocycles. The molecule has 0 spiro atoms. The Labute approximate surface area is 124 Å². The Kier molecular flexibility index (Phi) is 6.08. The number of nitrogens with one attached hydrogen (secondary N) is 1. The fourth-order valence-electron chi connectivity index (χ4n) is 2.28. The van der Waals surface area contributed by atoms with Gasteiger partial charge in [0.05, 0.1) is 0 Å². The number of hydrogen-bond donors (Lipinski definition) is 1. The van der Waals surface area contributed by atoms with E-state index in [1.807, 2.05) is 22.7 Å². The lowest BCUT2D eigenvalue weighted by Gasteiger charge is -2.20. The maximum absolute atomic E-state index is 3.78.